The number of allylic oxidation sites excluding steroid dienone is 2. The molecule has 1 amide bonds. The van der Waals surface area contributed by atoms with E-state index >= 15 is 0 Å². The number of carbonyl (C=O) groups is 2. The van der Waals surface area contributed by atoms with E-state index in [9.17, 15) is 9.59 Å². The van der Waals surface area contributed by atoms with Crippen LogP contribution in [0.1, 0.15) is 90.4 Å². The summed E-state index contributed by atoms with van der Waals surface area (Å²) in [7, 11) is 0. The van der Waals surface area contributed by atoms with Gasteiger partial charge in [0.1, 0.15) is 0 Å². The monoisotopic (exact) mass is 339 g/mol. The maximum Gasteiger partial charge on any atom is 0.220 e. The highest BCUT2D eigenvalue weighted by Gasteiger charge is 1.99. The third-order valence-corrected chi connectivity index (χ3v) is 4.04. The topological polar surface area (TPSA) is 66.4 Å². The highest BCUT2D eigenvalue weighted by Crippen LogP contribution is 2.08. The molecule has 0 aromatic rings. The maximum atomic E-state index is 11.7. The van der Waals surface area contributed by atoms with E-state index in [-0.39, 0.29) is 18.3 Å². The predicted octanol–water partition coefficient (Wildman–Crippen LogP) is 4.31. The lowest BCUT2D eigenvalue weighted by Crippen LogP contribution is -2.25. The van der Waals surface area contributed by atoms with Crippen LogP contribution in [0.4, 0.5) is 0 Å². The molecule has 0 heterocycles. The minimum Gasteiger partial charge on any atom is -0.395 e. The Kier molecular flexibility index (Phi) is 17.3. The quantitative estimate of drug-likeness (QED) is 0.306. The summed E-state index contributed by atoms with van der Waals surface area (Å²) < 4.78 is 0. The molecule has 0 aromatic heterocycles. The molecule has 0 spiro atoms. The van der Waals surface area contributed by atoms with Crippen LogP contribution < -0.4 is 5.32 Å². The van der Waals surface area contributed by atoms with Crippen molar-refractivity contribution in [2.24, 2.45) is 0 Å². The number of aliphatic hydroxyl groups excluding tert-OH is 1. The first kappa shape index (κ1) is 22.8. The smallest absolute Gasteiger partial charge is 0.220 e. The molecule has 0 aliphatic carbocycles. The van der Waals surface area contributed by atoms with Crippen LogP contribution >= 0.6 is 0 Å². The number of rotatable bonds is 17. The standard InChI is InChI=1S/C20H37NO3/c1-2-3-4-5-8-11-14-19(23)15-12-9-6-7-10-13-16-20(24)21-17-18-22/h12,15,22H,2-11,13-14,16-18H2,1H3,(H,21,24)/b15-12+. The molecule has 0 fully saturated rings. The number of hydrogen-bond donors (Lipinski definition) is 2. The molecule has 0 atom stereocenters. The zero-order chi connectivity index (χ0) is 17.9. The fourth-order valence-corrected chi connectivity index (χ4v) is 2.56. The van der Waals surface area contributed by atoms with Crippen molar-refractivity contribution >= 4 is 11.7 Å². The molecule has 2 N–H and O–H groups in total. The maximum absolute atomic E-state index is 11.7. The van der Waals surface area contributed by atoms with Crippen molar-refractivity contribution in [1.82, 2.24) is 5.32 Å². The molecule has 0 aliphatic heterocycles. The molecular formula is C20H37NO3. The molecule has 24 heavy (non-hydrogen) atoms. The van der Waals surface area contributed by atoms with Gasteiger partial charge in [-0.3, -0.25) is 9.59 Å². The van der Waals surface area contributed by atoms with E-state index < -0.39 is 0 Å². The molecule has 4 nitrogen and oxygen atoms in total. The van der Waals surface area contributed by atoms with E-state index in [2.05, 4.69) is 12.2 Å². The van der Waals surface area contributed by atoms with Crippen molar-refractivity contribution < 1.29 is 14.7 Å². The Morgan fingerprint density at radius 1 is 0.875 bits per heavy atom. The average Bonchev–Trinajstić information content (AvgIpc) is 2.58. The summed E-state index contributed by atoms with van der Waals surface area (Å²) in [5, 5.41) is 11.2. The van der Waals surface area contributed by atoms with Crippen LogP contribution in [0.25, 0.3) is 0 Å². The zero-order valence-corrected chi connectivity index (χ0v) is 15.5. The van der Waals surface area contributed by atoms with Crippen LogP contribution in [-0.2, 0) is 9.59 Å². The van der Waals surface area contributed by atoms with E-state index in [4.69, 9.17) is 5.11 Å². The molecule has 0 saturated carbocycles. The number of aliphatic hydroxyl groups is 1. The Morgan fingerprint density at radius 3 is 2.21 bits per heavy atom. The minimum absolute atomic E-state index is 0.00431. The highest BCUT2D eigenvalue weighted by atomic mass is 16.3. The first-order chi connectivity index (χ1) is 11.7. The van der Waals surface area contributed by atoms with Gasteiger partial charge in [0.15, 0.2) is 5.78 Å². The molecule has 0 rings (SSSR count). The first-order valence-corrected chi connectivity index (χ1v) is 9.77. The van der Waals surface area contributed by atoms with Gasteiger partial charge in [-0.25, -0.2) is 0 Å². The van der Waals surface area contributed by atoms with Gasteiger partial charge >= 0.3 is 0 Å². The van der Waals surface area contributed by atoms with Gasteiger partial charge in [-0.05, 0) is 31.8 Å². The van der Waals surface area contributed by atoms with Crippen molar-refractivity contribution in [2.75, 3.05) is 13.2 Å². The van der Waals surface area contributed by atoms with E-state index in [1.165, 1.54) is 32.1 Å². The molecule has 0 radical (unpaired) electrons. The fourth-order valence-electron chi connectivity index (χ4n) is 2.56. The van der Waals surface area contributed by atoms with Gasteiger partial charge in [0.25, 0.3) is 0 Å². The second-order valence-corrected chi connectivity index (χ2v) is 6.41. The Bertz CT molecular complexity index is 340. The fraction of sp³-hybridized carbons (Fsp3) is 0.800. The third kappa shape index (κ3) is 17.2. The lowest BCUT2D eigenvalue weighted by Gasteiger charge is -2.02. The van der Waals surface area contributed by atoms with Crippen molar-refractivity contribution in [1.29, 1.82) is 0 Å². The largest absolute Gasteiger partial charge is 0.395 e. The van der Waals surface area contributed by atoms with Crippen molar-refractivity contribution in [3.63, 3.8) is 0 Å². The zero-order valence-electron chi connectivity index (χ0n) is 15.5. The van der Waals surface area contributed by atoms with Gasteiger partial charge in [0.05, 0.1) is 6.61 Å². The second kappa shape index (κ2) is 18.2. The predicted molar refractivity (Wildman–Crippen MR) is 99.9 cm³/mol. The van der Waals surface area contributed by atoms with E-state index in [0.29, 0.717) is 19.4 Å². The summed E-state index contributed by atoms with van der Waals surface area (Å²) in [5.41, 5.74) is 0. The van der Waals surface area contributed by atoms with Crippen LogP contribution in [0, 0.1) is 0 Å². The molecule has 0 bridgehead atoms. The van der Waals surface area contributed by atoms with Gasteiger partial charge in [-0.1, -0.05) is 57.9 Å². The van der Waals surface area contributed by atoms with Crippen LogP contribution in [0.2, 0.25) is 0 Å². The molecule has 140 valence electrons. The minimum atomic E-state index is -0.00431. The highest BCUT2D eigenvalue weighted by molar-refractivity contribution is 5.89. The summed E-state index contributed by atoms with van der Waals surface area (Å²) >= 11 is 0. The Hall–Kier alpha value is -1.16. The van der Waals surface area contributed by atoms with Crippen LogP contribution in [0.3, 0.4) is 0 Å². The number of nitrogens with one attached hydrogen (secondary N) is 1. The molecule has 0 aromatic carbocycles. The third-order valence-electron chi connectivity index (χ3n) is 4.04. The van der Waals surface area contributed by atoms with Gasteiger partial charge in [0.2, 0.25) is 5.91 Å². The average molecular weight is 340 g/mol. The van der Waals surface area contributed by atoms with Gasteiger partial charge in [0, 0.05) is 19.4 Å². The van der Waals surface area contributed by atoms with Crippen LogP contribution in [-0.4, -0.2) is 29.9 Å². The van der Waals surface area contributed by atoms with Crippen molar-refractivity contribution in [3.8, 4) is 0 Å². The lowest BCUT2D eigenvalue weighted by atomic mass is 10.1. The summed E-state index contributed by atoms with van der Waals surface area (Å²) in [5.74, 6) is 0.273. The lowest BCUT2D eigenvalue weighted by molar-refractivity contribution is -0.121. The SMILES string of the molecule is CCCCCCCCC(=O)/C=C/CCCCCCC(=O)NCCO. The summed E-state index contributed by atoms with van der Waals surface area (Å²) in [6, 6.07) is 0. The molecule has 0 saturated heterocycles. The van der Waals surface area contributed by atoms with Gasteiger partial charge < -0.3 is 10.4 Å². The summed E-state index contributed by atoms with van der Waals surface area (Å²) in [6.07, 6.45) is 17.3. The normalized spacial score (nSPS) is 11.1. The first-order valence-electron chi connectivity index (χ1n) is 9.77. The molecular weight excluding hydrogens is 302 g/mol. The number of hydrogen-bond acceptors (Lipinski definition) is 3. The van der Waals surface area contributed by atoms with Crippen molar-refractivity contribution in [3.05, 3.63) is 12.2 Å². The van der Waals surface area contributed by atoms with Crippen LogP contribution in [0.15, 0.2) is 12.2 Å². The Morgan fingerprint density at radius 2 is 1.50 bits per heavy atom. The van der Waals surface area contributed by atoms with E-state index in [0.717, 1.165) is 38.5 Å². The Labute approximate surface area is 148 Å². The number of unbranched alkanes of at least 4 members (excludes halogenated alkanes) is 9. The summed E-state index contributed by atoms with van der Waals surface area (Å²) in [6.45, 7) is 2.55. The molecule has 0 aliphatic rings. The number of amides is 1. The number of ketones is 1. The van der Waals surface area contributed by atoms with Crippen LogP contribution in [0.5, 0.6) is 0 Å². The van der Waals surface area contributed by atoms with Gasteiger partial charge in [-0.15, -0.1) is 0 Å². The Balaban J connectivity index is 3.36. The van der Waals surface area contributed by atoms with E-state index in [1.54, 1.807) is 6.08 Å². The summed E-state index contributed by atoms with van der Waals surface area (Å²) in [4.78, 5) is 23.0. The molecule has 0 unspecified atom stereocenters. The van der Waals surface area contributed by atoms with Crippen molar-refractivity contribution in [2.45, 2.75) is 90.4 Å². The molecule has 4 heteroatoms. The van der Waals surface area contributed by atoms with Gasteiger partial charge in [-0.2, -0.15) is 0 Å². The number of carbonyl (C=O) groups excluding carboxylic acids is 2. The van der Waals surface area contributed by atoms with E-state index in [1.807, 2.05) is 6.08 Å². The second-order valence-electron chi connectivity index (χ2n) is 6.41.